The highest BCUT2D eigenvalue weighted by atomic mass is 19.3. The second kappa shape index (κ2) is 8.74. The number of carbonyl (C=O) groups excluding carboxylic acids is 1. The summed E-state index contributed by atoms with van der Waals surface area (Å²) in [7, 11) is 0. The minimum Gasteiger partial charge on any atom is -0.353 e. The monoisotopic (exact) mass is 409 g/mol. The second-order valence-corrected chi connectivity index (χ2v) is 8.00. The molecule has 2 heterocycles. The number of hydrogen-bond acceptors (Lipinski definition) is 3. The maximum Gasteiger partial charge on any atom is 0.251 e. The summed E-state index contributed by atoms with van der Waals surface area (Å²) in [5, 5.41) is 11.7. The van der Waals surface area contributed by atoms with Crippen LogP contribution in [0.2, 0.25) is 0 Å². The van der Waals surface area contributed by atoms with E-state index in [1.54, 1.807) is 25.3 Å². The molecule has 4 rings (SSSR count). The number of alkyl halides is 2. The van der Waals surface area contributed by atoms with E-state index in [0.29, 0.717) is 12.0 Å². The molecule has 0 spiro atoms. The van der Waals surface area contributed by atoms with Crippen LogP contribution in [0.5, 0.6) is 0 Å². The van der Waals surface area contributed by atoms with Crippen LogP contribution >= 0.6 is 0 Å². The quantitative estimate of drug-likeness (QED) is 0.753. The van der Waals surface area contributed by atoms with Gasteiger partial charge in [0.2, 0.25) is 5.91 Å². The minimum absolute atomic E-state index is 0.0612. The molecule has 1 saturated carbocycles. The van der Waals surface area contributed by atoms with Crippen molar-refractivity contribution in [2.75, 3.05) is 0 Å². The molecule has 4 atom stereocenters. The van der Waals surface area contributed by atoms with Crippen LogP contribution in [0.3, 0.4) is 0 Å². The predicted octanol–water partition coefficient (Wildman–Crippen LogP) is 5.07. The van der Waals surface area contributed by atoms with Crippen LogP contribution in [0, 0.1) is 29.1 Å². The summed E-state index contributed by atoms with van der Waals surface area (Å²) in [6.07, 6.45) is 3.64. The van der Waals surface area contributed by atoms with E-state index in [-0.39, 0.29) is 24.3 Å². The van der Waals surface area contributed by atoms with Gasteiger partial charge in [0.15, 0.2) is 0 Å². The molecule has 6 heteroatoms. The molecule has 1 aliphatic carbocycles. The molecule has 4 unspecified atom stereocenters. The first-order valence-electron chi connectivity index (χ1n) is 10.0. The van der Waals surface area contributed by atoms with E-state index in [9.17, 15) is 13.6 Å². The fourth-order valence-corrected chi connectivity index (χ4v) is 4.19. The minimum atomic E-state index is -2.66. The number of hydrogen-bond donors (Lipinski definition) is 1. The highest BCUT2D eigenvalue weighted by Gasteiger charge is 2.53. The summed E-state index contributed by atoms with van der Waals surface area (Å²) in [4.78, 5) is 15.6. The number of nitrogens with one attached hydrogen (secondary N) is 1. The van der Waals surface area contributed by atoms with E-state index in [1.165, 1.54) is 0 Å². The van der Waals surface area contributed by atoms with Gasteiger partial charge in [-0.15, -0.1) is 0 Å². The third-order valence-electron chi connectivity index (χ3n) is 6.06. The molecule has 1 N–H and O–H groups in total. The summed E-state index contributed by atoms with van der Waals surface area (Å²) in [6, 6.07) is 13.6. The molecule has 0 bridgehead atoms. The fourth-order valence-electron chi connectivity index (χ4n) is 4.19. The molecule has 0 radical (unpaired) electrons. The topological polar surface area (TPSA) is 65.8 Å². The lowest BCUT2D eigenvalue weighted by Gasteiger charge is -2.36. The summed E-state index contributed by atoms with van der Waals surface area (Å²) in [5.41, 5.74) is 3.35. The Hall–Kier alpha value is -3.07. The lowest BCUT2D eigenvalue weighted by atomic mass is 9.72. The van der Waals surface area contributed by atoms with Crippen molar-refractivity contribution in [2.24, 2.45) is 17.8 Å². The number of amides is 1. The summed E-state index contributed by atoms with van der Waals surface area (Å²) in [5.74, 6) is -3.80. The molecule has 1 aromatic carbocycles. The number of aromatic nitrogens is 1. The molecule has 2 aliphatic rings. The van der Waals surface area contributed by atoms with Gasteiger partial charge >= 0.3 is 0 Å². The Morgan fingerprint density at radius 2 is 2.00 bits per heavy atom. The van der Waals surface area contributed by atoms with Crippen molar-refractivity contribution in [1.82, 2.24) is 10.3 Å². The number of pyridine rings is 1. The zero-order valence-corrected chi connectivity index (χ0v) is 17.1. The van der Waals surface area contributed by atoms with E-state index in [4.69, 9.17) is 5.26 Å². The molecule has 156 valence electrons. The van der Waals surface area contributed by atoms with Gasteiger partial charge in [-0.1, -0.05) is 37.8 Å². The maximum absolute atomic E-state index is 13.4. The highest BCUT2D eigenvalue weighted by Crippen LogP contribution is 2.47. The Labute approximate surface area is 175 Å². The molecule has 1 saturated heterocycles. The summed E-state index contributed by atoms with van der Waals surface area (Å²) >= 11 is 0. The largest absolute Gasteiger partial charge is 0.353 e. The van der Waals surface area contributed by atoms with Crippen molar-refractivity contribution < 1.29 is 13.6 Å². The Bertz CT molecular complexity index is 965. The molecule has 30 heavy (non-hydrogen) atoms. The van der Waals surface area contributed by atoms with Crippen molar-refractivity contribution in [1.29, 1.82) is 5.26 Å². The van der Waals surface area contributed by atoms with Gasteiger partial charge in [0.05, 0.1) is 17.3 Å². The van der Waals surface area contributed by atoms with E-state index in [1.807, 2.05) is 37.3 Å². The van der Waals surface area contributed by atoms with Crippen LogP contribution < -0.4 is 5.32 Å². The third kappa shape index (κ3) is 4.40. The van der Waals surface area contributed by atoms with Crippen LogP contribution in [-0.2, 0) is 4.79 Å². The number of fused-ring (bicyclic) bond motifs is 1. The SMILES string of the molecule is C=Cc1ccc(-c2ccccc2C#N)cn1.CC1NC(=O)C2CC(F)(F)C(C)CC12. The molecule has 1 aromatic heterocycles. The molecule has 2 fully saturated rings. The Kier molecular flexibility index (Phi) is 6.31. The van der Waals surface area contributed by atoms with Crippen molar-refractivity contribution in [2.45, 2.75) is 38.7 Å². The smallest absolute Gasteiger partial charge is 0.251 e. The van der Waals surface area contributed by atoms with E-state index < -0.39 is 17.8 Å². The van der Waals surface area contributed by atoms with Gasteiger partial charge in [-0.3, -0.25) is 9.78 Å². The van der Waals surface area contributed by atoms with Crippen LogP contribution in [-0.4, -0.2) is 22.9 Å². The van der Waals surface area contributed by atoms with Crippen LogP contribution in [0.15, 0.2) is 49.2 Å². The van der Waals surface area contributed by atoms with Gasteiger partial charge in [0, 0.05) is 41.6 Å². The second-order valence-electron chi connectivity index (χ2n) is 8.00. The number of carbonyl (C=O) groups is 1. The average molecular weight is 409 g/mol. The normalized spacial score (nSPS) is 26.4. The molecular weight excluding hydrogens is 384 g/mol. The van der Waals surface area contributed by atoms with Crippen molar-refractivity contribution in [3.8, 4) is 17.2 Å². The summed E-state index contributed by atoms with van der Waals surface area (Å²) in [6.45, 7) is 7.13. The van der Waals surface area contributed by atoms with Crippen molar-refractivity contribution in [3.63, 3.8) is 0 Å². The predicted molar refractivity (Wildman–Crippen MR) is 112 cm³/mol. The number of halogens is 2. The van der Waals surface area contributed by atoms with Gasteiger partial charge < -0.3 is 5.32 Å². The third-order valence-corrected chi connectivity index (χ3v) is 6.06. The number of rotatable bonds is 2. The molecule has 1 aliphatic heterocycles. The zero-order chi connectivity index (χ0) is 21.9. The first-order valence-corrected chi connectivity index (χ1v) is 10.0. The van der Waals surface area contributed by atoms with Crippen molar-refractivity contribution >= 4 is 12.0 Å². The number of benzene rings is 1. The molecule has 1 amide bonds. The van der Waals surface area contributed by atoms with E-state index in [2.05, 4.69) is 22.9 Å². The fraction of sp³-hybridized carbons (Fsp3) is 0.375. The Morgan fingerprint density at radius 1 is 1.27 bits per heavy atom. The maximum atomic E-state index is 13.4. The molecular formula is C24H25F2N3O. The standard InChI is InChI=1S/C14H10N2.C10H15F2NO/c1-2-13-8-7-12(10-16-13)14-6-4-3-5-11(14)9-15;1-5-3-7-6(2)13-9(14)8(7)4-10(5,11)12/h2-8,10H,1H2;5-8H,3-4H2,1-2H3,(H,13,14). The zero-order valence-electron chi connectivity index (χ0n) is 17.1. The first kappa shape index (κ1) is 21.6. The number of nitrogens with zero attached hydrogens (tertiary/aromatic N) is 2. The van der Waals surface area contributed by atoms with E-state index in [0.717, 1.165) is 16.8 Å². The Balaban J connectivity index is 0.000000172. The van der Waals surface area contributed by atoms with Gasteiger partial charge in [-0.2, -0.15) is 5.26 Å². The number of nitriles is 1. The lowest BCUT2D eigenvalue weighted by Crippen LogP contribution is -2.40. The highest BCUT2D eigenvalue weighted by molar-refractivity contribution is 5.82. The van der Waals surface area contributed by atoms with Crippen LogP contribution in [0.1, 0.15) is 37.9 Å². The Morgan fingerprint density at radius 3 is 2.63 bits per heavy atom. The van der Waals surface area contributed by atoms with Crippen molar-refractivity contribution in [3.05, 3.63) is 60.4 Å². The first-order chi connectivity index (χ1) is 14.3. The lowest BCUT2D eigenvalue weighted by molar-refractivity contribution is -0.137. The van der Waals surface area contributed by atoms with Gasteiger partial charge in [-0.05, 0) is 37.5 Å². The van der Waals surface area contributed by atoms with Crippen LogP contribution in [0.4, 0.5) is 8.78 Å². The average Bonchev–Trinajstić information content (AvgIpc) is 3.01. The molecule has 4 nitrogen and oxygen atoms in total. The van der Waals surface area contributed by atoms with Gasteiger partial charge in [0.25, 0.3) is 5.92 Å². The van der Waals surface area contributed by atoms with Gasteiger partial charge in [0.1, 0.15) is 0 Å². The molecule has 2 aromatic rings. The van der Waals surface area contributed by atoms with E-state index >= 15 is 0 Å². The summed E-state index contributed by atoms with van der Waals surface area (Å²) < 4.78 is 26.7. The van der Waals surface area contributed by atoms with Gasteiger partial charge in [-0.25, -0.2) is 8.78 Å². The van der Waals surface area contributed by atoms with Crippen LogP contribution in [0.25, 0.3) is 17.2 Å².